The van der Waals surface area contributed by atoms with Crippen molar-refractivity contribution in [1.29, 1.82) is 0 Å². The zero-order valence-electron chi connectivity index (χ0n) is 10.5. The van der Waals surface area contributed by atoms with Crippen LogP contribution in [0.25, 0.3) is 0 Å². The fraction of sp³-hybridized carbons (Fsp3) is 1.00. The molecule has 0 radical (unpaired) electrons. The van der Waals surface area contributed by atoms with E-state index in [1.165, 1.54) is 38.9 Å². The van der Waals surface area contributed by atoms with Crippen molar-refractivity contribution in [2.75, 3.05) is 19.6 Å². The van der Waals surface area contributed by atoms with Crippen LogP contribution < -0.4 is 5.32 Å². The SMILES string of the molecule is CC(CN1[C@H](C)CCC[C@@H]1C)C1CNC1. The van der Waals surface area contributed by atoms with Gasteiger partial charge in [-0.15, -0.1) is 0 Å². The summed E-state index contributed by atoms with van der Waals surface area (Å²) in [5, 5.41) is 3.38. The van der Waals surface area contributed by atoms with Crippen LogP contribution in [-0.2, 0) is 0 Å². The molecule has 88 valence electrons. The van der Waals surface area contributed by atoms with Gasteiger partial charge in [0.05, 0.1) is 0 Å². The van der Waals surface area contributed by atoms with Crippen molar-refractivity contribution >= 4 is 0 Å². The first-order valence-corrected chi connectivity index (χ1v) is 6.65. The van der Waals surface area contributed by atoms with Gasteiger partial charge in [-0.1, -0.05) is 13.3 Å². The lowest BCUT2D eigenvalue weighted by Crippen LogP contribution is -2.51. The molecule has 1 unspecified atom stereocenters. The van der Waals surface area contributed by atoms with E-state index in [0.717, 1.165) is 23.9 Å². The predicted molar refractivity (Wildman–Crippen MR) is 65.0 cm³/mol. The van der Waals surface area contributed by atoms with E-state index in [1.54, 1.807) is 0 Å². The molecule has 2 saturated heterocycles. The third kappa shape index (κ3) is 2.54. The Balaban J connectivity index is 1.84. The number of nitrogens with one attached hydrogen (secondary N) is 1. The van der Waals surface area contributed by atoms with Crippen LogP contribution >= 0.6 is 0 Å². The molecule has 1 N–H and O–H groups in total. The number of rotatable bonds is 3. The highest BCUT2D eigenvalue weighted by atomic mass is 15.2. The van der Waals surface area contributed by atoms with Gasteiger partial charge in [-0.25, -0.2) is 0 Å². The number of nitrogens with zero attached hydrogens (tertiary/aromatic N) is 1. The zero-order valence-corrected chi connectivity index (χ0v) is 10.5. The first-order chi connectivity index (χ1) is 7.18. The maximum absolute atomic E-state index is 3.38. The molecule has 3 atom stereocenters. The molecule has 0 aromatic heterocycles. The summed E-state index contributed by atoms with van der Waals surface area (Å²) in [5.74, 6) is 1.81. The smallest absolute Gasteiger partial charge is 0.00698 e. The van der Waals surface area contributed by atoms with E-state index in [-0.39, 0.29) is 0 Å². The molecule has 2 fully saturated rings. The Morgan fingerprint density at radius 2 is 1.80 bits per heavy atom. The molecule has 0 saturated carbocycles. The monoisotopic (exact) mass is 210 g/mol. The largest absolute Gasteiger partial charge is 0.316 e. The zero-order chi connectivity index (χ0) is 10.8. The summed E-state index contributed by atoms with van der Waals surface area (Å²) in [7, 11) is 0. The second kappa shape index (κ2) is 4.84. The molecule has 0 aliphatic carbocycles. The topological polar surface area (TPSA) is 15.3 Å². The number of hydrogen-bond acceptors (Lipinski definition) is 2. The maximum atomic E-state index is 3.38. The summed E-state index contributed by atoms with van der Waals surface area (Å²) in [6.45, 7) is 11.0. The van der Waals surface area contributed by atoms with Gasteiger partial charge in [0, 0.05) is 18.6 Å². The molecular formula is C13H26N2. The van der Waals surface area contributed by atoms with Crippen LogP contribution in [0.3, 0.4) is 0 Å². The lowest BCUT2D eigenvalue weighted by atomic mass is 9.86. The molecule has 0 aromatic carbocycles. The third-order valence-corrected chi connectivity index (χ3v) is 4.49. The lowest BCUT2D eigenvalue weighted by molar-refractivity contribution is 0.0663. The lowest BCUT2D eigenvalue weighted by Gasteiger charge is -2.43. The molecule has 2 aliphatic heterocycles. The van der Waals surface area contributed by atoms with Crippen LogP contribution in [0.1, 0.15) is 40.0 Å². The quantitative estimate of drug-likeness (QED) is 0.767. The summed E-state index contributed by atoms with van der Waals surface area (Å²) >= 11 is 0. The van der Waals surface area contributed by atoms with Crippen LogP contribution in [0, 0.1) is 11.8 Å². The summed E-state index contributed by atoms with van der Waals surface area (Å²) in [4.78, 5) is 2.74. The fourth-order valence-corrected chi connectivity index (χ4v) is 3.03. The van der Waals surface area contributed by atoms with E-state index in [4.69, 9.17) is 0 Å². The van der Waals surface area contributed by atoms with Gasteiger partial charge in [-0.2, -0.15) is 0 Å². The highest BCUT2D eigenvalue weighted by molar-refractivity contribution is 4.85. The van der Waals surface area contributed by atoms with Gasteiger partial charge < -0.3 is 5.32 Å². The Labute approximate surface area is 94.4 Å². The van der Waals surface area contributed by atoms with Crippen molar-refractivity contribution in [3.63, 3.8) is 0 Å². The molecule has 2 aliphatic rings. The van der Waals surface area contributed by atoms with Crippen LogP contribution in [-0.4, -0.2) is 36.6 Å². The highest BCUT2D eigenvalue weighted by Crippen LogP contribution is 2.26. The first kappa shape index (κ1) is 11.4. The number of likely N-dealkylation sites (tertiary alicyclic amines) is 1. The van der Waals surface area contributed by atoms with E-state index < -0.39 is 0 Å². The average molecular weight is 210 g/mol. The number of piperidine rings is 1. The Bertz CT molecular complexity index is 191. The molecule has 2 nitrogen and oxygen atoms in total. The van der Waals surface area contributed by atoms with Crippen molar-refractivity contribution in [2.45, 2.75) is 52.1 Å². The van der Waals surface area contributed by atoms with Gasteiger partial charge in [-0.05, 0) is 51.6 Å². The first-order valence-electron chi connectivity index (χ1n) is 6.65. The van der Waals surface area contributed by atoms with Crippen molar-refractivity contribution in [2.24, 2.45) is 11.8 Å². The summed E-state index contributed by atoms with van der Waals surface area (Å²) in [5.41, 5.74) is 0. The molecule has 0 spiro atoms. The van der Waals surface area contributed by atoms with Crippen molar-refractivity contribution in [3.05, 3.63) is 0 Å². The van der Waals surface area contributed by atoms with E-state index >= 15 is 0 Å². The molecule has 2 heterocycles. The van der Waals surface area contributed by atoms with Crippen LogP contribution in [0.2, 0.25) is 0 Å². The molecule has 0 bridgehead atoms. The molecule has 15 heavy (non-hydrogen) atoms. The number of hydrogen-bond donors (Lipinski definition) is 1. The van der Waals surface area contributed by atoms with Crippen molar-refractivity contribution in [1.82, 2.24) is 10.2 Å². The van der Waals surface area contributed by atoms with Crippen LogP contribution in [0.4, 0.5) is 0 Å². The van der Waals surface area contributed by atoms with E-state index in [2.05, 4.69) is 31.0 Å². The van der Waals surface area contributed by atoms with Crippen molar-refractivity contribution < 1.29 is 0 Å². The van der Waals surface area contributed by atoms with Gasteiger partial charge in [0.25, 0.3) is 0 Å². The van der Waals surface area contributed by atoms with Gasteiger partial charge in [0.2, 0.25) is 0 Å². The molecule has 2 rings (SSSR count). The molecule has 0 aromatic rings. The van der Waals surface area contributed by atoms with E-state index in [0.29, 0.717) is 0 Å². The molecular weight excluding hydrogens is 184 g/mol. The minimum absolute atomic E-state index is 0.809. The maximum Gasteiger partial charge on any atom is 0.00698 e. The Morgan fingerprint density at radius 3 is 2.27 bits per heavy atom. The van der Waals surface area contributed by atoms with E-state index in [1.807, 2.05) is 0 Å². The van der Waals surface area contributed by atoms with Crippen molar-refractivity contribution in [3.8, 4) is 0 Å². The second-order valence-electron chi connectivity index (χ2n) is 5.72. The minimum Gasteiger partial charge on any atom is -0.316 e. The van der Waals surface area contributed by atoms with Crippen LogP contribution in [0.15, 0.2) is 0 Å². The van der Waals surface area contributed by atoms with Gasteiger partial charge in [0.15, 0.2) is 0 Å². The molecule has 0 amide bonds. The minimum atomic E-state index is 0.809. The summed E-state index contributed by atoms with van der Waals surface area (Å²) in [6.07, 6.45) is 4.23. The standard InChI is InChI=1S/C13H26N2/c1-10(13-7-14-8-13)9-15-11(2)5-4-6-12(15)3/h10-14H,4-9H2,1-3H3/t10?,11-,12+. The Hall–Kier alpha value is -0.0800. The van der Waals surface area contributed by atoms with Gasteiger partial charge in [0.1, 0.15) is 0 Å². The van der Waals surface area contributed by atoms with Gasteiger partial charge >= 0.3 is 0 Å². The second-order valence-corrected chi connectivity index (χ2v) is 5.72. The normalized spacial score (nSPS) is 36.2. The molecule has 2 heteroatoms. The third-order valence-electron chi connectivity index (χ3n) is 4.49. The summed E-state index contributed by atoms with van der Waals surface area (Å²) < 4.78 is 0. The Kier molecular flexibility index (Phi) is 3.68. The average Bonchev–Trinajstić information content (AvgIpc) is 2.08. The van der Waals surface area contributed by atoms with Crippen LogP contribution in [0.5, 0.6) is 0 Å². The predicted octanol–water partition coefficient (Wildman–Crippen LogP) is 2.10. The van der Waals surface area contributed by atoms with E-state index in [9.17, 15) is 0 Å². The fourth-order valence-electron chi connectivity index (χ4n) is 3.03. The highest BCUT2D eigenvalue weighted by Gasteiger charge is 2.30. The summed E-state index contributed by atoms with van der Waals surface area (Å²) in [6, 6.07) is 1.62. The van der Waals surface area contributed by atoms with Gasteiger partial charge in [-0.3, -0.25) is 4.90 Å². The Morgan fingerprint density at radius 1 is 1.20 bits per heavy atom.